The first kappa shape index (κ1) is 19.6. The van der Waals surface area contributed by atoms with Gasteiger partial charge in [0.2, 0.25) is 0 Å². The molecule has 1 saturated heterocycles. The van der Waals surface area contributed by atoms with Crippen molar-refractivity contribution in [2.75, 3.05) is 13.7 Å². The number of carbonyl (C=O) groups excluding carboxylic acids is 2. The maximum Gasteiger partial charge on any atom is 0.295 e. The van der Waals surface area contributed by atoms with Gasteiger partial charge in [-0.05, 0) is 54.8 Å². The Hall–Kier alpha value is -3.15. The van der Waals surface area contributed by atoms with E-state index in [4.69, 9.17) is 4.74 Å². The van der Waals surface area contributed by atoms with E-state index in [2.05, 4.69) is 0 Å². The van der Waals surface area contributed by atoms with Crippen LogP contribution in [-0.4, -0.2) is 35.4 Å². The molecule has 1 amide bonds. The minimum Gasteiger partial charge on any atom is -0.507 e. The zero-order chi connectivity index (χ0) is 20.4. The van der Waals surface area contributed by atoms with Crippen LogP contribution in [0.15, 0.2) is 48.0 Å². The van der Waals surface area contributed by atoms with Gasteiger partial charge < -0.3 is 14.7 Å². The topological polar surface area (TPSA) is 66.8 Å². The van der Waals surface area contributed by atoms with E-state index in [1.54, 1.807) is 32.2 Å². The Bertz CT molecular complexity index is 950. The standard InChI is InChI=1S/C22H22FNO4/c1-4-11-24-19(14-5-7-15(23)8-6-14)18(21(26)22(24)27)20(25)17-10-9-16(28-3)12-13(17)2/h5-10,12,19,25H,4,11H2,1-3H3/b20-18-. The first-order valence-electron chi connectivity index (χ1n) is 9.08. The largest absolute Gasteiger partial charge is 0.507 e. The summed E-state index contributed by atoms with van der Waals surface area (Å²) in [6, 6.07) is 9.92. The van der Waals surface area contributed by atoms with Crippen LogP contribution in [0.5, 0.6) is 5.75 Å². The van der Waals surface area contributed by atoms with Crippen LogP contribution in [0.4, 0.5) is 4.39 Å². The number of hydrogen-bond acceptors (Lipinski definition) is 4. The highest BCUT2D eigenvalue weighted by molar-refractivity contribution is 6.46. The zero-order valence-electron chi connectivity index (χ0n) is 16.0. The maximum atomic E-state index is 13.4. The molecule has 1 heterocycles. The minimum atomic E-state index is -0.762. The summed E-state index contributed by atoms with van der Waals surface area (Å²) >= 11 is 0. The van der Waals surface area contributed by atoms with Gasteiger partial charge in [0, 0.05) is 12.1 Å². The SMILES string of the molecule is CCCN1C(=O)C(=O)/C(=C(\O)c2ccc(OC)cc2C)C1c1ccc(F)cc1. The van der Waals surface area contributed by atoms with Gasteiger partial charge in [0.05, 0.1) is 18.7 Å². The molecule has 1 aliphatic rings. The van der Waals surface area contributed by atoms with E-state index in [1.165, 1.54) is 29.2 Å². The molecule has 0 aromatic heterocycles. The molecular formula is C22H22FNO4. The van der Waals surface area contributed by atoms with Gasteiger partial charge in [-0.3, -0.25) is 9.59 Å². The molecule has 146 valence electrons. The van der Waals surface area contributed by atoms with E-state index in [0.29, 0.717) is 35.4 Å². The Morgan fingerprint density at radius 1 is 1.18 bits per heavy atom. The summed E-state index contributed by atoms with van der Waals surface area (Å²) in [4.78, 5) is 26.8. The number of ether oxygens (including phenoxy) is 1. The number of amides is 1. The molecule has 0 aliphatic carbocycles. The molecule has 1 aliphatic heterocycles. The van der Waals surface area contributed by atoms with Crippen LogP contribution in [0.2, 0.25) is 0 Å². The third kappa shape index (κ3) is 3.38. The first-order chi connectivity index (χ1) is 13.4. The summed E-state index contributed by atoms with van der Waals surface area (Å²) in [6.45, 7) is 4.03. The van der Waals surface area contributed by atoms with Crippen molar-refractivity contribution in [1.82, 2.24) is 4.90 Å². The fourth-order valence-corrected chi connectivity index (χ4v) is 3.52. The average Bonchev–Trinajstić information content (AvgIpc) is 2.93. The monoisotopic (exact) mass is 383 g/mol. The highest BCUT2D eigenvalue weighted by atomic mass is 19.1. The number of aliphatic hydroxyl groups excluding tert-OH is 1. The fourth-order valence-electron chi connectivity index (χ4n) is 3.52. The molecular weight excluding hydrogens is 361 g/mol. The highest BCUT2D eigenvalue weighted by Crippen LogP contribution is 2.40. The number of likely N-dealkylation sites (tertiary alicyclic amines) is 1. The lowest BCUT2D eigenvalue weighted by molar-refractivity contribution is -0.139. The third-order valence-electron chi connectivity index (χ3n) is 4.88. The molecule has 0 bridgehead atoms. The van der Waals surface area contributed by atoms with Crippen molar-refractivity contribution in [3.63, 3.8) is 0 Å². The predicted molar refractivity (Wildman–Crippen MR) is 103 cm³/mol. The number of Topliss-reactive ketones (excluding diaryl/α,β-unsaturated/α-hetero) is 1. The van der Waals surface area contributed by atoms with Crippen molar-refractivity contribution in [2.45, 2.75) is 26.3 Å². The summed E-state index contributed by atoms with van der Waals surface area (Å²) in [5.41, 5.74) is 1.74. The van der Waals surface area contributed by atoms with Crippen molar-refractivity contribution < 1.29 is 23.8 Å². The Labute approximate surface area is 163 Å². The molecule has 2 aromatic carbocycles. The van der Waals surface area contributed by atoms with Gasteiger partial charge in [0.15, 0.2) is 0 Å². The summed E-state index contributed by atoms with van der Waals surface area (Å²) in [5.74, 6) is -1.44. The van der Waals surface area contributed by atoms with Crippen LogP contribution in [0.3, 0.4) is 0 Å². The summed E-state index contributed by atoms with van der Waals surface area (Å²) in [6.07, 6.45) is 0.645. The first-order valence-corrected chi connectivity index (χ1v) is 9.08. The second-order valence-corrected chi connectivity index (χ2v) is 6.72. The van der Waals surface area contributed by atoms with Crippen molar-refractivity contribution in [2.24, 2.45) is 0 Å². The van der Waals surface area contributed by atoms with E-state index < -0.39 is 23.5 Å². The lowest BCUT2D eigenvalue weighted by Crippen LogP contribution is -2.30. The van der Waals surface area contributed by atoms with Gasteiger partial charge in [0.1, 0.15) is 17.3 Å². The van der Waals surface area contributed by atoms with E-state index in [1.807, 2.05) is 6.92 Å². The molecule has 0 spiro atoms. The van der Waals surface area contributed by atoms with Gasteiger partial charge in [-0.15, -0.1) is 0 Å². The molecule has 2 aromatic rings. The molecule has 1 unspecified atom stereocenters. The molecule has 0 saturated carbocycles. The molecule has 1 N–H and O–H groups in total. The molecule has 1 atom stereocenters. The number of ketones is 1. The van der Waals surface area contributed by atoms with Crippen LogP contribution in [0, 0.1) is 12.7 Å². The van der Waals surface area contributed by atoms with E-state index in [-0.39, 0.29) is 11.3 Å². The Morgan fingerprint density at radius 3 is 2.43 bits per heavy atom. The van der Waals surface area contributed by atoms with Crippen LogP contribution in [0.1, 0.15) is 36.1 Å². The number of hydrogen-bond donors (Lipinski definition) is 1. The van der Waals surface area contributed by atoms with Crippen LogP contribution < -0.4 is 4.74 Å². The zero-order valence-corrected chi connectivity index (χ0v) is 16.0. The Kier molecular flexibility index (Phi) is 5.49. The number of aliphatic hydroxyl groups is 1. The number of methoxy groups -OCH3 is 1. The van der Waals surface area contributed by atoms with Gasteiger partial charge >= 0.3 is 0 Å². The van der Waals surface area contributed by atoms with Crippen LogP contribution in [-0.2, 0) is 9.59 Å². The second-order valence-electron chi connectivity index (χ2n) is 6.72. The Balaban J connectivity index is 2.19. The summed E-state index contributed by atoms with van der Waals surface area (Å²) in [7, 11) is 1.54. The molecule has 5 nitrogen and oxygen atoms in total. The van der Waals surface area contributed by atoms with Crippen LogP contribution in [0.25, 0.3) is 5.76 Å². The molecule has 6 heteroatoms. The lowest BCUT2D eigenvalue weighted by Gasteiger charge is -2.25. The fraction of sp³-hybridized carbons (Fsp3) is 0.273. The van der Waals surface area contributed by atoms with E-state index in [0.717, 1.165) is 0 Å². The van der Waals surface area contributed by atoms with Gasteiger partial charge in [-0.2, -0.15) is 0 Å². The minimum absolute atomic E-state index is 0.0123. The van der Waals surface area contributed by atoms with Crippen molar-refractivity contribution in [3.05, 3.63) is 70.5 Å². The Morgan fingerprint density at radius 2 is 1.86 bits per heavy atom. The number of carbonyl (C=O) groups is 2. The van der Waals surface area contributed by atoms with Crippen LogP contribution >= 0.6 is 0 Å². The number of nitrogens with zero attached hydrogens (tertiary/aromatic N) is 1. The van der Waals surface area contributed by atoms with Crippen molar-refractivity contribution in [3.8, 4) is 5.75 Å². The van der Waals surface area contributed by atoms with Crippen molar-refractivity contribution >= 4 is 17.4 Å². The number of aryl methyl sites for hydroxylation is 1. The summed E-state index contributed by atoms with van der Waals surface area (Å²) < 4.78 is 18.6. The van der Waals surface area contributed by atoms with Crippen molar-refractivity contribution in [1.29, 1.82) is 0 Å². The normalized spacial score (nSPS) is 18.6. The lowest BCUT2D eigenvalue weighted by atomic mass is 9.94. The second kappa shape index (κ2) is 7.84. The molecule has 3 rings (SSSR count). The maximum absolute atomic E-state index is 13.4. The average molecular weight is 383 g/mol. The molecule has 0 radical (unpaired) electrons. The molecule has 1 fully saturated rings. The van der Waals surface area contributed by atoms with Gasteiger partial charge in [0.25, 0.3) is 11.7 Å². The van der Waals surface area contributed by atoms with E-state index >= 15 is 0 Å². The van der Waals surface area contributed by atoms with Gasteiger partial charge in [-0.1, -0.05) is 19.1 Å². The highest BCUT2D eigenvalue weighted by Gasteiger charge is 2.45. The predicted octanol–water partition coefficient (Wildman–Crippen LogP) is 3.97. The van der Waals surface area contributed by atoms with E-state index in [9.17, 15) is 19.1 Å². The number of benzene rings is 2. The quantitative estimate of drug-likeness (QED) is 0.482. The number of halogens is 1. The summed E-state index contributed by atoms with van der Waals surface area (Å²) in [5, 5.41) is 11.0. The van der Waals surface area contributed by atoms with Gasteiger partial charge in [-0.25, -0.2) is 4.39 Å². The smallest absolute Gasteiger partial charge is 0.295 e. The number of rotatable bonds is 5. The molecule has 28 heavy (non-hydrogen) atoms. The third-order valence-corrected chi connectivity index (χ3v) is 4.88.